The quantitative estimate of drug-likeness (QED) is 0.720. The number of rotatable bonds is 7. The molecular formula is C26H36N2O2. The van der Waals surface area contributed by atoms with Gasteiger partial charge >= 0.3 is 0 Å². The average Bonchev–Trinajstić information content (AvgIpc) is 3.54. The SMILES string of the molecule is CC(C)C(NC(=O)C12CC3CC(CC(C3)C1)C2)C(=O)N(Cc1ccccc1)C1CC1. The van der Waals surface area contributed by atoms with Crippen LogP contribution < -0.4 is 5.32 Å². The minimum atomic E-state index is -0.421. The van der Waals surface area contributed by atoms with E-state index in [1.165, 1.54) is 19.3 Å². The van der Waals surface area contributed by atoms with E-state index >= 15 is 0 Å². The van der Waals surface area contributed by atoms with Crippen molar-refractivity contribution in [1.82, 2.24) is 10.2 Å². The van der Waals surface area contributed by atoms with E-state index in [0.29, 0.717) is 12.6 Å². The first-order valence-electron chi connectivity index (χ1n) is 12.1. The molecule has 0 saturated heterocycles. The van der Waals surface area contributed by atoms with Crippen LogP contribution in [0, 0.1) is 29.1 Å². The van der Waals surface area contributed by atoms with Gasteiger partial charge in [0.2, 0.25) is 11.8 Å². The van der Waals surface area contributed by atoms with Gasteiger partial charge in [-0.2, -0.15) is 0 Å². The molecule has 4 bridgehead atoms. The van der Waals surface area contributed by atoms with Crippen molar-refractivity contribution in [2.75, 3.05) is 0 Å². The number of nitrogens with one attached hydrogen (secondary N) is 1. The van der Waals surface area contributed by atoms with Crippen molar-refractivity contribution in [2.45, 2.75) is 83.8 Å². The summed E-state index contributed by atoms with van der Waals surface area (Å²) in [5.74, 6) is 2.56. The fourth-order valence-corrected chi connectivity index (χ4v) is 6.93. The third kappa shape index (κ3) is 3.78. The maximum Gasteiger partial charge on any atom is 0.245 e. The van der Waals surface area contributed by atoms with Crippen LogP contribution in [0.4, 0.5) is 0 Å². The van der Waals surface area contributed by atoms with Crippen molar-refractivity contribution in [2.24, 2.45) is 29.1 Å². The second-order valence-corrected chi connectivity index (χ2v) is 11.1. The topological polar surface area (TPSA) is 49.4 Å². The van der Waals surface area contributed by atoms with Crippen molar-refractivity contribution >= 4 is 11.8 Å². The minimum absolute atomic E-state index is 0.0902. The van der Waals surface area contributed by atoms with Gasteiger partial charge in [0, 0.05) is 18.0 Å². The molecule has 0 aromatic heterocycles. The first-order chi connectivity index (χ1) is 14.4. The molecule has 1 atom stereocenters. The molecule has 5 saturated carbocycles. The van der Waals surface area contributed by atoms with Crippen LogP contribution in [-0.2, 0) is 16.1 Å². The van der Waals surface area contributed by atoms with E-state index < -0.39 is 6.04 Å². The zero-order valence-electron chi connectivity index (χ0n) is 18.5. The van der Waals surface area contributed by atoms with Gasteiger partial charge in [-0.25, -0.2) is 0 Å². The Morgan fingerprint density at radius 1 is 1.00 bits per heavy atom. The number of amides is 2. The summed E-state index contributed by atoms with van der Waals surface area (Å²) in [6, 6.07) is 10.1. The highest BCUT2D eigenvalue weighted by Crippen LogP contribution is 2.60. The molecule has 0 heterocycles. The Morgan fingerprint density at radius 3 is 2.07 bits per heavy atom. The predicted octanol–water partition coefficient (Wildman–Crippen LogP) is 4.53. The minimum Gasteiger partial charge on any atom is -0.344 e. The van der Waals surface area contributed by atoms with Crippen LogP contribution in [0.5, 0.6) is 0 Å². The van der Waals surface area contributed by atoms with Gasteiger partial charge in [-0.15, -0.1) is 0 Å². The van der Waals surface area contributed by atoms with E-state index in [-0.39, 0.29) is 23.1 Å². The molecule has 0 aliphatic heterocycles. The Balaban J connectivity index is 1.32. The summed E-state index contributed by atoms with van der Waals surface area (Å²) in [5.41, 5.74) is 0.958. The number of carbonyl (C=O) groups excluding carboxylic acids is 2. The van der Waals surface area contributed by atoms with Gasteiger partial charge in [0.15, 0.2) is 0 Å². The van der Waals surface area contributed by atoms with E-state index in [9.17, 15) is 9.59 Å². The van der Waals surface area contributed by atoms with E-state index in [2.05, 4.69) is 31.3 Å². The van der Waals surface area contributed by atoms with Gasteiger partial charge in [0.05, 0.1) is 0 Å². The van der Waals surface area contributed by atoms with Gasteiger partial charge < -0.3 is 10.2 Å². The zero-order chi connectivity index (χ0) is 20.9. The molecule has 2 amide bonds. The first-order valence-corrected chi connectivity index (χ1v) is 12.1. The molecule has 0 radical (unpaired) electrons. The van der Waals surface area contributed by atoms with Gasteiger partial charge in [-0.3, -0.25) is 9.59 Å². The average molecular weight is 409 g/mol. The van der Waals surface area contributed by atoms with Gasteiger partial charge in [-0.1, -0.05) is 44.2 Å². The van der Waals surface area contributed by atoms with E-state index in [0.717, 1.165) is 55.4 Å². The number of hydrogen-bond acceptors (Lipinski definition) is 2. The smallest absolute Gasteiger partial charge is 0.245 e. The predicted molar refractivity (Wildman–Crippen MR) is 117 cm³/mol. The van der Waals surface area contributed by atoms with Crippen LogP contribution in [-0.4, -0.2) is 28.8 Å². The molecule has 1 aromatic rings. The molecule has 5 fully saturated rings. The summed E-state index contributed by atoms with van der Waals surface area (Å²) in [5, 5.41) is 3.29. The monoisotopic (exact) mass is 408 g/mol. The van der Waals surface area contributed by atoms with Gasteiger partial charge in [0.1, 0.15) is 6.04 Å². The third-order valence-electron chi connectivity index (χ3n) is 8.21. The maximum atomic E-state index is 13.6. The Morgan fingerprint density at radius 2 is 1.57 bits per heavy atom. The Kier molecular flexibility index (Phi) is 5.15. The van der Waals surface area contributed by atoms with E-state index in [4.69, 9.17) is 0 Å². The molecule has 162 valence electrons. The summed E-state index contributed by atoms with van der Waals surface area (Å²) >= 11 is 0. The maximum absolute atomic E-state index is 13.6. The van der Waals surface area contributed by atoms with E-state index in [1.54, 1.807) is 0 Å². The highest BCUT2D eigenvalue weighted by atomic mass is 16.2. The molecule has 6 rings (SSSR count). The second kappa shape index (κ2) is 7.69. The van der Waals surface area contributed by atoms with Crippen molar-refractivity contribution in [3.05, 3.63) is 35.9 Å². The number of benzene rings is 1. The first kappa shape index (κ1) is 20.1. The Hall–Kier alpha value is -1.84. The Bertz CT molecular complexity index is 763. The number of carbonyl (C=O) groups is 2. The molecule has 0 spiro atoms. The Labute approximate surface area is 180 Å². The van der Waals surface area contributed by atoms with E-state index in [1.807, 2.05) is 23.1 Å². The van der Waals surface area contributed by atoms with Crippen molar-refractivity contribution in [3.8, 4) is 0 Å². The zero-order valence-corrected chi connectivity index (χ0v) is 18.5. The van der Waals surface area contributed by atoms with Crippen molar-refractivity contribution < 1.29 is 9.59 Å². The lowest BCUT2D eigenvalue weighted by Crippen LogP contribution is -2.59. The number of hydrogen-bond donors (Lipinski definition) is 1. The molecule has 4 nitrogen and oxygen atoms in total. The molecule has 30 heavy (non-hydrogen) atoms. The van der Waals surface area contributed by atoms with Crippen LogP contribution in [0.1, 0.15) is 70.8 Å². The number of nitrogens with zero attached hydrogens (tertiary/aromatic N) is 1. The fraction of sp³-hybridized carbons (Fsp3) is 0.692. The lowest BCUT2D eigenvalue weighted by molar-refractivity contribution is -0.151. The third-order valence-corrected chi connectivity index (χ3v) is 8.21. The van der Waals surface area contributed by atoms with Crippen LogP contribution in [0.25, 0.3) is 0 Å². The molecule has 1 unspecified atom stereocenters. The molecular weight excluding hydrogens is 372 g/mol. The highest BCUT2D eigenvalue weighted by molar-refractivity contribution is 5.91. The van der Waals surface area contributed by atoms with Crippen LogP contribution in [0.2, 0.25) is 0 Å². The molecule has 4 heteroatoms. The van der Waals surface area contributed by atoms with Crippen molar-refractivity contribution in [3.63, 3.8) is 0 Å². The fourth-order valence-electron chi connectivity index (χ4n) is 6.93. The van der Waals surface area contributed by atoms with Crippen molar-refractivity contribution in [1.29, 1.82) is 0 Å². The molecule has 5 aliphatic carbocycles. The summed E-state index contributed by atoms with van der Waals surface area (Å²) in [6.07, 6.45) is 9.25. The normalized spacial score (nSPS) is 32.8. The molecule has 5 aliphatic rings. The van der Waals surface area contributed by atoms with Crippen LogP contribution in [0.3, 0.4) is 0 Å². The van der Waals surface area contributed by atoms with Crippen LogP contribution in [0.15, 0.2) is 30.3 Å². The van der Waals surface area contributed by atoms with Gasteiger partial charge in [0.25, 0.3) is 0 Å². The summed E-state index contributed by atoms with van der Waals surface area (Å²) in [6.45, 7) is 4.77. The summed E-state index contributed by atoms with van der Waals surface area (Å²) in [4.78, 5) is 29.3. The summed E-state index contributed by atoms with van der Waals surface area (Å²) in [7, 11) is 0. The second-order valence-electron chi connectivity index (χ2n) is 11.1. The van der Waals surface area contributed by atoms with Gasteiger partial charge in [-0.05, 0) is 80.6 Å². The van der Waals surface area contributed by atoms with Crippen LogP contribution >= 0.6 is 0 Å². The lowest BCUT2D eigenvalue weighted by atomic mass is 9.49. The standard InChI is InChI=1S/C26H36N2O2/c1-17(2)23(24(29)28(22-8-9-22)16-18-6-4-3-5-7-18)27-25(30)26-13-19-10-20(14-26)12-21(11-19)15-26/h3-7,17,19-23H,8-16H2,1-2H3,(H,27,30). The lowest BCUT2D eigenvalue weighted by Gasteiger charge is -2.56. The molecule has 1 N–H and O–H groups in total. The highest BCUT2D eigenvalue weighted by Gasteiger charge is 2.55. The largest absolute Gasteiger partial charge is 0.344 e. The summed E-state index contributed by atoms with van der Waals surface area (Å²) < 4.78 is 0. The molecule has 1 aromatic carbocycles.